The van der Waals surface area contributed by atoms with Gasteiger partial charge in [-0.05, 0) is 30.5 Å². The molecule has 1 aromatic rings. The molecule has 2 N–H and O–H groups in total. The van der Waals surface area contributed by atoms with Crippen molar-refractivity contribution in [1.82, 2.24) is 0 Å². The lowest BCUT2D eigenvalue weighted by atomic mass is 9.96. The molecular weight excluding hydrogens is 162 g/mol. The lowest BCUT2D eigenvalue weighted by molar-refractivity contribution is 0.194. The Hall–Kier alpha value is -1.02. The van der Waals surface area contributed by atoms with E-state index in [9.17, 15) is 0 Å². The number of nitrogen functional groups attached to an aromatic ring is 1. The van der Waals surface area contributed by atoms with Gasteiger partial charge in [-0.25, -0.2) is 0 Å². The Bertz CT molecular complexity index is 303. The molecule has 2 nitrogen and oxygen atoms in total. The average Bonchev–Trinajstić information content (AvgIpc) is 2.56. The van der Waals surface area contributed by atoms with E-state index in [-0.39, 0.29) is 0 Å². The number of benzene rings is 1. The molecule has 1 aliphatic heterocycles. The molecule has 70 valence electrons. The molecule has 0 radical (unpaired) electrons. The van der Waals surface area contributed by atoms with Crippen LogP contribution in [0.5, 0.6) is 0 Å². The van der Waals surface area contributed by atoms with Gasteiger partial charge in [0, 0.05) is 18.2 Å². The van der Waals surface area contributed by atoms with Crippen LogP contribution in [0.15, 0.2) is 18.2 Å². The standard InChI is InChI=1S/C11H15NO/c1-8-2-3-10(11(12)6-8)9-4-5-13-7-9/h2-3,6,9H,4-5,7,12H2,1H3. The molecular formula is C11H15NO. The molecule has 13 heavy (non-hydrogen) atoms. The number of ether oxygens (including phenoxy) is 1. The molecule has 1 saturated heterocycles. The molecule has 2 heteroatoms. The smallest absolute Gasteiger partial charge is 0.0536 e. The van der Waals surface area contributed by atoms with E-state index in [4.69, 9.17) is 10.5 Å². The molecule has 1 atom stereocenters. The van der Waals surface area contributed by atoms with Crippen molar-refractivity contribution in [3.63, 3.8) is 0 Å². The maximum Gasteiger partial charge on any atom is 0.0536 e. The Morgan fingerprint density at radius 1 is 1.46 bits per heavy atom. The molecule has 0 saturated carbocycles. The van der Waals surface area contributed by atoms with Gasteiger partial charge in [0.15, 0.2) is 0 Å². The number of hydrogen-bond donors (Lipinski definition) is 1. The van der Waals surface area contributed by atoms with E-state index >= 15 is 0 Å². The topological polar surface area (TPSA) is 35.2 Å². The summed E-state index contributed by atoms with van der Waals surface area (Å²) < 4.78 is 5.34. The number of nitrogens with two attached hydrogens (primary N) is 1. The lowest BCUT2D eigenvalue weighted by Gasteiger charge is -2.11. The maximum atomic E-state index is 5.95. The Morgan fingerprint density at radius 3 is 2.92 bits per heavy atom. The van der Waals surface area contributed by atoms with E-state index in [2.05, 4.69) is 19.1 Å². The van der Waals surface area contributed by atoms with Crippen molar-refractivity contribution < 1.29 is 4.74 Å². The summed E-state index contributed by atoms with van der Waals surface area (Å²) >= 11 is 0. The summed E-state index contributed by atoms with van der Waals surface area (Å²) in [6.45, 7) is 3.76. The Balaban J connectivity index is 2.29. The fourth-order valence-electron chi connectivity index (χ4n) is 1.85. The predicted molar refractivity (Wildman–Crippen MR) is 53.8 cm³/mol. The van der Waals surface area contributed by atoms with Crippen LogP contribution in [-0.4, -0.2) is 13.2 Å². The van der Waals surface area contributed by atoms with Gasteiger partial charge in [-0.3, -0.25) is 0 Å². The van der Waals surface area contributed by atoms with Crippen molar-refractivity contribution in [2.45, 2.75) is 19.3 Å². The van der Waals surface area contributed by atoms with Crippen LogP contribution in [0, 0.1) is 6.92 Å². The summed E-state index contributed by atoms with van der Waals surface area (Å²) in [5.41, 5.74) is 9.33. The molecule has 1 heterocycles. The average molecular weight is 177 g/mol. The van der Waals surface area contributed by atoms with Gasteiger partial charge in [-0.1, -0.05) is 12.1 Å². The largest absolute Gasteiger partial charge is 0.398 e. The molecule has 1 aromatic carbocycles. The van der Waals surface area contributed by atoms with Crippen LogP contribution in [0.4, 0.5) is 5.69 Å². The Morgan fingerprint density at radius 2 is 2.31 bits per heavy atom. The van der Waals surface area contributed by atoms with Gasteiger partial charge in [0.25, 0.3) is 0 Å². The van der Waals surface area contributed by atoms with Crippen LogP contribution in [0.1, 0.15) is 23.5 Å². The second kappa shape index (κ2) is 3.38. The first-order valence-electron chi connectivity index (χ1n) is 4.71. The van der Waals surface area contributed by atoms with Crippen LogP contribution in [0.3, 0.4) is 0 Å². The highest BCUT2D eigenvalue weighted by Gasteiger charge is 2.19. The molecule has 1 aliphatic rings. The predicted octanol–water partition coefficient (Wildman–Crippen LogP) is 2.08. The molecule has 1 fully saturated rings. The summed E-state index contributed by atoms with van der Waals surface area (Å²) in [5, 5.41) is 0. The first-order chi connectivity index (χ1) is 6.27. The molecule has 0 spiro atoms. The zero-order chi connectivity index (χ0) is 9.26. The van der Waals surface area contributed by atoms with Gasteiger partial charge in [0.1, 0.15) is 0 Å². The summed E-state index contributed by atoms with van der Waals surface area (Å²) in [6, 6.07) is 6.28. The minimum absolute atomic E-state index is 0.514. The Labute approximate surface area is 78.7 Å². The van der Waals surface area contributed by atoms with E-state index in [0.29, 0.717) is 5.92 Å². The molecule has 0 amide bonds. The van der Waals surface area contributed by atoms with Gasteiger partial charge in [-0.15, -0.1) is 0 Å². The van der Waals surface area contributed by atoms with E-state index in [1.807, 2.05) is 6.07 Å². The third kappa shape index (κ3) is 1.68. The fourth-order valence-corrected chi connectivity index (χ4v) is 1.85. The van der Waals surface area contributed by atoms with Gasteiger partial charge >= 0.3 is 0 Å². The molecule has 0 aromatic heterocycles. The SMILES string of the molecule is Cc1ccc(C2CCOC2)c(N)c1. The minimum atomic E-state index is 0.514. The van der Waals surface area contributed by atoms with Gasteiger partial charge in [-0.2, -0.15) is 0 Å². The molecule has 0 bridgehead atoms. The van der Waals surface area contributed by atoms with E-state index in [1.165, 1.54) is 11.1 Å². The zero-order valence-corrected chi connectivity index (χ0v) is 7.92. The summed E-state index contributed by atoms with van der Waals surface area (Å²) in [4.78, 5) is 0. The monoisotopic (exact) mass is 177 g/mol. The van der Waals surface area contributed by atoms with Gasteiger partial charge < -0.3 is 10.5 Å². The number of anilines is 1. The normalized spacial score (nSPS) is 22.1. The highest BCUT2D eigenvalue weighted by Crippen LogP contribution is 2.29. The highest BCUT2D eigenvalue weighted by atomic mass is 16.5. The second-order valence-electron chi connectivity index (χ2n) is 3.69. The first kappa shape index (κ1) is 8.57. The van der Waals surface area contributed by atoms with E-state index in [0.717, 1.165) is 25.3 Å². The maximum absolute atomic E-state index is 5.95. The van der Waals surface area contributed by atoms with Crippen molar-refractivity contribution in [3.8, 4) is 0 Å². The first-order valence-corrected chi connectivity index (χ1v) is 4.71. The number of rotatable bonds is 1. The second-order valence-corrected chi connectivity index (χ2v) is 3.69. The fraction of sp³-hybridized carbons (Fsp3) is 0.455. The quantitative estimate of drug-likeness (QED) is 0.666. The van der Waals surface area contributed by atoms with Crippen LogP contribution in [0.2, 0.25) is 0 Å². The van der Waals surface area contributed by atoms with Gasteiger partial charge in [0.2, 0.25) is 0 Å². The van der Waals surface area contributed by atoms with E-state index < -0.39 is 0 Å². The van der Waals surface area contributed by atoms with Gasteiger partial charge in [0.05, 0.1) is 6.61 Å². The van der Waals surface area contributed by atoms with Crippen LogP contribution < -0.4 is 5.73 Å². The third-order valence-electron chi connectivity index (χ3n) is 2.61. The van der Waals surface area contributed by atoms with Crippen molar-refractivity contribution in [3.05, 3.63) is 29.3 Å². The van der Waals surface area contributed by atoms with Crippen LogP contribution >= 0.6 is 0 Å². The van der Waals surface area contributed by atoms with Crippen LogP contribution in [-0.2, 0) is 4.74 Å². The molecule has 2 rings (SSSR count). The summed E-state index contributed by atoms with van der Waals surface area (Å²) in [5.74, 6) is 0.514. The minimum Gasteiger partial charge on any atom is -0.398 e. The Kier molecular flexibility index (Phi) is 2.23. The zero-order valence-electron chi connectivity index (χ0n) is 7.92. The van der Waals surface area contributed by atoms with Crippen molar-refractivity contribution >= 4 is 5.69 Å². The van der Waals surface area contributed by atoms with Crippen molar-refractivity contribution in [2.24, 2.45) is 0 Å². The van der Waals surface area contributed by atoms with E-state index in [1.54, 1.807) is 0 Å². The lowest BCUT2D eigenvalue weighted by Crippen LogP contribution is -2.02. The van der Waals surface area contributed by atoms with Crippen LogP contribution in [0.25, 0.3) is 0 Å². The number of aryl methyl sites for hydroxylation is 1. The number of hydrogen-bond acceptors (Lipinski definition) is 2. The molecule has 0 aliphatic carbocycles. The van der Waals surface area contributed by atoms with Crippen molar-refractivity contribution in [2.75, 3.05) is 18.9 Å². The summed E-state index contributed by atoms with van der Waals surface area (Å²) in [7, 11) is 0. The summed E-state index contributed by atoms with van der Waals surface area (Å²) in [6.07, 6.45) is 1.10. The van der Waals surface area contributed by atoms with Crippen molar-refractivity contribution in [1.29, 1.82) is 0 Å². The molecule has 1 unspecified atom stereocenters. The third-order valence-corrected chi connectivity index (χ3v) is 2.61. The highest BCUT2D eigenvalue weighted by molar-refractivity contribution is 5.51.